The number of nitrogens with one attached hydrogen (secondary N) is 1. The number of thiazole rings is 1. The molecule has 44 heavy (non-hydrogen) atoms. The maximum Gasteiger partial charge on any atom is 0.417 e. The molecule has 2 bridgehead atoms. The van der Waals surface area contributed by atoms with Gasteiger partial charge in [0, 0.05) is 60.7 Å². The van der Waals surface area contributed by atoms with E-state index in [0.717, 1.165) is 42.4 Å². The molecule has 3 unspecified atom stereocenters. The third-order valence-corrected chi connectivity index (χ3v) is 9.75. The van der Waals surface area contributed by atoms with Crippen molar-refractivity contribution >= 4 is 54.5 Å². The van der Waals surface area contributed by atoms with E-state index < -0.39 is 40.0 Å². The van der Waals surface area contributed by atoms with E-state index in [1.807, 2.05) is 4.90 Å². The zero-order valence-corrected chi connectivity index (χ0v) is 24.5. The number of halogens is 5. The smallest absolute Gasteiger partial charge is 0.417 e. The van der Waals surface area contributed by atoms with E-state index >= 15 is 4.39 Å². The summed E-state index contributed by atoms with van der Waals surface area (Å²) in [7, 11) is 0. The molecule has 5 heterocycles. The minimum atomic E-state index is -4.99. The first-order valence-electron chi connectivity index (χ1n) is 13.8. The van der Waals surface area contributed by atoms with Crippen LogP contribution in [0, 0.1) is 17.6 Å². The van der Waals surface area contributed by atoms with E-state index in [4.69, 9.17) is 15.0 Å². The highest BCUT2D eigenvalue weighted by molar-refractivity contribution is 7.79. The lowest BCUT2D eigenvalue weighted by atomic mass is 9.95. The fourth-order valence-corrected chi connectivity index (χ4v) is 7.67. The van der Waals surface area contributed by atoms with Crippen molar-refractivity contribution in [2.45, 2.75) is 31.1 Å². The van der Waals surface area contributed by atoms with E-state index in [9.17, 15) is 21.8 Å². The molecule has 3 fully saturated rings. The van der Waals surface area contributed by atoms with Gasteiger partial charge in [0.2, 0.25) is 0 Å². The van der Waals surface area contributed by atoms with E-state index in [1.54, 1.807) is 4.90 Å². The Kier molecular flexibility index (Phi) is 7.35. The Balaban J connectivity index is 1.37. The van der Waals surface area contributed by atoms with Crippen molar-refractivity contribution in [3.63, 3.8) is 0 Å². The van der Waals surface area contributed by atoms with Crippen LogP contribution in [0.3, 0.4) is 0 Å². The van der Waals surface area contributed by atoms with Gasteiger partial charge in [-0.1, -0.05) is 11.3 Å². The minimum absolute atomic E-state index is 0.00744. The largest absolute Gasteiger partial charge is 0.463 e. The highest BCUT2D eigenvalue weighted by Gasteiger charge is 2.40. The van der Waals surface area contributed by atoms with Gasteiger partial charge in [-0.15, -0.1) is 0 Å². The monoisotopic (exact) mass is 655 g/mol. The molecule has 4 N–H and O–H groups in total. The Hall–Kier alpha value is -3.25. The van der Waals surface area contributed by atoms with E-state index in [2.05, 4.69) is 20.3 Å². The standard InChI is InChI=1S/C27H26F5N7O3S2/c28-18-4-3-15(22-23(18)43-25(33)35-22)19-17(27(30,31)32)5-16-21(20(19)29)36-26(42-10-12-6-38(7-12)11-44(40)41)37-24(16)39-8-13-1-2-14(9-39)34-13/h3-5,12-14,34H,1-2,6-11H2,(H2,33,35)(H,40,41). The van der Waals surface area contributed by atoms with Crippen LogP contribution in [-0.4, -0.2) is 79.4 Å². The maximum absolute atomic E-state index is 16.6. The summed E-state index contributed by atoms with van der Waals surface area (Å²) in [6.07, 6.45) is -3.20. The molecule has 0 aliphatic carbocycles. The van der Waals surface area contributed by atoms with Crippen LogP contribution < -0.4 is 20.7 Å². The summed E-state index contributed by atoms with van der Waals surface area (Å²) in [5.41, 5.74) is 2.86. The highest BCUT2D eigenvalue weighted by Crippen LogP contribution is 2.46. The Labute approximate surface area is 253 Å². The number of ether oxygens (including phenoxy) is 1. The number of hydrogen-bond acceptors (Lipinski definition) is 10. The van der Waals surface area contributed by atoms with Crippen molar-refractivity contribution in [1.82, 2.24) is 25.2 Å². The van der Waals surface area contributed by atoms with Crippen molar-refractivity contribution in [1.29, 1.82) is 0 Å². The number of fused-ring (bicyclic) bond motifs is 4. The van der Waals surface area contributed by atoms with Crippen LogP contribution in [0.4, 0.5) is 32.9 Å². The summed E-state index contributed by atoms with van der Waals surface area (Å²) in [5, 5.41) is 3.27. The predicted octanol–water partition coefficient (Wildman–Crippen LogP) is 4.22. The fraction of sp³-hybridized carbons (Fsp3) is 0.444. The third kappa shape index (κ3) is 5.33. The first-order valence-corrected chi connectivity index (χ1v) is 15.9. The Morgan fingerprint density at radius 2 is 1.82 bits per heavy atom. The second-order valence-corrected chi connectivity index (χ2v) is 13.3. The molecule has 0 spiro atoms. The Morgan fingerprint density at radius 3 is 2.50 bits per heavy atom. The van der Waals surface area contributed by atoms with Gasteiger partial charge in [0.1, 0.15) is 23.0 Å². The molecular formula is C27H26F5N7O3S2. The summed E-state index contributed by atoms with van der Waals surface area (Å²) in [6, 6.07) is 2.88. The van der Waals surface area contributed by atoms with E-state index in [-0.39, 0.29) is 74.1 Å². The molecular weight excluding hydrogens is 629 g/mol. The van der Waals surface area contributed by atoms with Crippen molar-refractivity contribution in [2.24, 2.45) is 5.92 Å². The lowest BCUT2D eigenvalue weighted by molar-refractivity contribution is -0.137. The van der Waals surface area contributed by atoms with Gasteiger partial charge in [-0.25, -0.2) is 18.0 Å². The average Bonchev–Trinajstić information content (AvgIpc) is 3.50. The van der Waals surface area contributed by atoms with Crippen molar-refractivity contribution < 1.29 is 35.5 Å². The summed E-state index contributed by atoms with van der Waals surface area (Å²) in [6.45, 7) is 2.04. The van der Waals surface area contributed by atoms with Gasteiger partial charge < -0.3 is 25.2 Å². The molecule has 3 aliphatic rings. The molecule has 234 valence electrons. The van der Waals surface area contributed by atoms with Gasteiger partial charge in [0.25, 0.3) is 0 Å². The van der Waals surface area contributed by atoms with Gasteiger partial charge in [0.15, 0.2) is 22.0 Å². The van der Waals surface area contributed by atoms with Gasteiger partial charge >= 0.3 is 12.2 Å². The quantitative estimate of drug-likeness (QED) is 0.197. The van der Waals surface area contributed by atoms with E-state index in [1.165, 1.54) is 0 Å². The van der Waals surface area contributed by atoms with Crippen molar-refractivity contribution in [2.75, 3.05) is 49.3 Å². The van der Waals surface area contributed by atoms with Crippen LogP contribution in [0.2, 0.25) is 0 Å². The molecule has 0 amide bonds. The Bertz CT molecular complexity index is 1790. The molecule has 3 aliphatic heterocycles. The van der Waals surface area contributed by atoms with Crippen LogP contribution in [0.1, 0.15) is 18.4 Å². The van der Waals surface area contributed by atoms with Crippen LogP contribution in [0.25, 0.3) is 32.2 Å². The molecule has 2 aromatic carbocycles. The van der Waals surface area contributed by atoms with Crippen LogP contribution >= 0.6 is 11.3 Å². The zero-order chi connectivity index (χ0) is 30.9. The topological polar surface area (TPSA) is 130 Å². The Morgan fingerprint density at radius 1 is 1.09 bits per heavy atom. The molecule has 0 radical (unpaired) electrons. The maximum atomic E-state index is 16.6. The van der Waals surface area contributed by atoms with Crippen LogP contribution in [0.5, 0.6) is 6.01 Å². The predicted molar refractivity (Wildman–Crippen MR) is 156 cm³/mol. The summed E-state index contributed by atoms with van der Waals surface area (Å²) in [5.74, 6) is -1.86. The molecule has 7 rings (SSSR count). The number of alkyl halides is 3. The number of piperazine rings is 1. The molecule has 3 atom stereocenters. The number of nitrogens with zero attached hydrogens (tertiary/aromatic N) is 5. The van der Waals surface area contributed by atoms with Crippen LogP contribution in [-0.2, 0) is 17.3 Å². The lowest BCUT2D eigenvalue weighted by Crippen LogP contribution is -2.51. The van der Waals surface area contributed by atoms with E-state index in [0.29, 0.717) is 26.2 Å². The van der Waals surface area contributed by atoms with Crippen LogP contribution in [0.15, 0.2) is 18.2 Å². The van der Waals surface area contributed by atoms with Gasteiger partial charge in [0.05, 0.1) is 22.4 Å². The number of nitrogens with two attached hydrogens (primary N) is 1. The van der Waals surface area contributed by atoms with Crippen molar-refractivity contribution in [3.05, 3.63) is 35.4 Å². The molecule has 3 saturated heterocycles. The number of nitrogen functional groups attached to an aromatic ring is 1. The number of likely N-dealkylation sites (tertiary alicyclic amines) is 1. The summed E-state index contributed by atoms with van der Waals surface area (Å²) in [4.78, 5) is 16.4. The molecule has 0 saturated carbocycles. The molecule has 17 heteroatoms. The zero-order valence-electron chi connectivity index (χ0n) is 22.9. The first-order chi connectivity index (χ1) is 20.9. The SMILES string of the molecule is Nc1nc2c(-c3c(C(F)(F)F)cc4c(N5CC6CCC(C5)N6)nc(OCC5CN(CS(=O)O)C5)nc4c3F)ccc(F)c2s1. The highest BCUT2D eigenvalue weighted by atomic mass is 32.2. The number of aromatic nitrogens is 3. The number of hydrogen-bond donors (Lipinski definition) is 3. The first kappa shape index (κ1) is 29.5. The molecule has 4 aromatic rings. The second-order valence-electron chi connectivity index (χ2n) is 11.4. The van der Waals surface area contributed by atoms with Gasteiger partial charge in [-0.05, 0) is 31.0 Å². The van der Waals surface area contributed by atoms with Gasteiger partial charge in [-0.3, -0.25) is 4.90 Å². The third-order valence-electron chi connectivity index (χ3n) is 8.27. The lowest BCUT2D eigenvalue weighted by Gasteiger charge is -2.37. The average molecular weight is 656 g/mol. The molecule has 10 nitrogen and oxygen atoms in total. The summed E-state index contributed by atoms with van der Waals surface area (Å²) < 4.78 is 101. The fourth-order valence-electron chi connectivity index (χ4n) is 6.38. The van der Waals surface area contributed by atoms with Gasteiger partial charge in [-0.2, -0.15) is 23.1 Å². The molecule has 2 aromatic heterocycles. The van der Waals surface area contributed by atoms with Crippen molar-refractivity contribution in [3.8, 4) is 17.1 Å². The summed E-state index contributed by atoms with van der Waals surface area (Å²) >= 11 is -1.21. The normalized spacial score (nSPS) is 21.7. The second kappa shape index (κ2) is 11.0. The number of rotatable bonds is 7. The number of anilines is 2. The number of benzene rings is 2. The minimum Gasteiger partial charge on any atom is -0.463 e.